The fraction of sp³-hybridized carbons (Fsp3) is 0.625. The van der Waals surface area contributed by atoms with E-state index in [1.54, 1.807) is 0 Å². The van der Waals surface area contributed by atoms with Crippen molar-refractivity contribution >= 4 is 15.9 Å². The third-order valence-electron chi connectivity index (χ3n) is 3.13. The molecule has 0 spiro atoms. The molecular weight excluding hydrogens is 316 g/mol. The molecule has 1 aromatic rings. The van der Waals surface area contributed by atoms with Gasteiger partial charge in [-0.15, -0.1) is 0 Å². The molecule has 0 aliphatic rings. The van der Waals surface area contributed by atoms with Crippen molar-refractivity contribution in [3.63, 3.8) is 0 Å². The molecule has 4 heteroatoms. The number of unbranched alkanes of at least 4 members (excludes halogenated alkanes) is 1. The summed E-state index contributed by atoms with van der Waals surface area (Å²) in [4.78, 5) is 2.32. The third-order valence-corrected chi connectivity index (χ3v) is 3.91. The predicted molar refractivity (Wildman–Crippen MR) is 89.1 cm³/mol. The molecule has 3 nitrogen and oxygen atoms in total. The van der Waals surface area contributed by atoms with Crippen LogP contribution in [0.5, 0.6) is 0 Å². The summed E-state index contributed by atoms with van der Waals surface area (Å²) in [6.07, 6.45) is 2.36. The van der Waals surface area contributed by atoms with E-state index in [-0.39, 0.29) is 0 Å². The van der Waals surface area contributed by atoms with Crippen LogP contribution in [0.2, 0.25) is 0 Å². The van der Waals surface area contributed by atoms with Crippen LogP contribution in [0.25, 0.3) is 0 Å². The lowest BCUT2D eigenvalue weighted by atomic mass is 10.2. The summed E-state index contributed by atoms with van der Waals surface area (Å²) in [6.45, 7) is 7.83. The minimum Gasteiger partial charge on any atom is -0.380 e. The van der Waals surface area contributed by atoms with Crippen LogP contribution in [-0.2, 0) is 11.3 Å². The van der Waals surface area contributed by atoms with Crippen LogP contribution in [0.3, 0.4) is 0 Å². The molecule has 0 saturated carbocycles. The Balaban J connectivity index is 2.03. The van der Waals surface area contributed by atoms with Gasteiger partial charge in [-0.3, -0.25) is 0 Å². The maximum absolute atomic E-state index is 5.51. The summed E-state index contributed by atoms with van der Waals surface area (Å²) in [5.41, 5.74) is 1.33. The first-order chi connectivity index (χ1) is 9.74. The average molecular weight is 343 g/mol. The number of hydrogen-bond acceptors (Lipinski definition) is 3. The average Bonchev–Trinajstić information content (AvgIpc) is 2.44. The number of halogens is 1. The molecule has 20 heavy (non-hydrogen) atoms. The second kappa shape index (κ2) is 11.3. The SMILES string of the molecule is CCCCOCCNCCN(C)Cc1ccccc1Br. The molecule has 0 bridgehead atoms. The van der Waals surface area contributed by atoms with E-state index in [0.717, 1.165) is 45.8 Å². The van der Waals surface area contributed by atoms with Gasteiger partial charge >= 0.3 is 0 Å². The molecule has 0 atom stereocenters. The number of benzene rings is 1. The Kier molecular flexibility index (Phi) is 9.93. The Labute approximate surface area is 131 Å². The van der Waals surface area contributed by atoms with Crippen LogP contribution in [0.4, 0.5) is 0 Å². The second-order valence-corrected chi connectivity index (χ2v) is 5.90. The van der Waals surface area contributed by atoms with Crippen LogP contribution in [0.15, 0.2) is 28.7 Å². The lowest BCUT2D eigenvalue weighted by molar-refractivity contribution is 0.132. The zero-order valence-electron chi connectivity index (χ0n) is 12.7. The smallest absolute Gasteiger partial charge is 0.0590 e. The fourth-order valence-electron chi connectivity index (χ4n) is 1.88. The highest BCUT2D eigenvalue weighted by molar-refractivity contribution is 9.10. The topological polar surface area (TPSA) is 24.5 Å². The van der Waals surface area contributed by atoms with Crippen molar-refractivity contribution in [2.45, 2.75) is 26.3 Å². The largest absolute Gasteiger partial charge is 0.380 e. The number of nitrogens with zero attached hydrogens (tertiary/aromatic N) is 1. The molecule has 0 saturated heterocycles. The summed E-state index contributed by atoms with van der Waals surface area (Å²) in [7, 11) is 2.15. The standard InChI is InChI=1S/C16H27BrN2O/c1-3-4-12-20-13-10-18-9-11-19(2)14-15-7-5-6-8-16(15)17/h5-8,18H,3-4,9-14H2,1-2H3. The Bertz CT molecular complexity index is 360. The quantitative estimate of drug-likeness (QED) is 0.624. The molecule has 0 aliphatic heterocycles. The van der Waals surface area contributed by atoms with E-state index in [4.69, 9.17) is 4.74 Å². The van der Waals surface area contributed by atoms with Gasteiger partial charge in [-0.25, -0.2) is 0 Å². The van der Waals surface area contributed by atoms with Crippen molar-refractivity contribution in [2.24, 2.45) is 0 Å². The minimum atomic E-state index is 0.813. The van der Waals surface area contributed by atoms with Gasteiger partial charge < -0.3 is 15.0 Å². The van der Waals surface area contributed by atoms with Gasteiger partial charge in [0.25, 0.3) is 0 Å². The van der Waals surface area contributed by atoms with Crippen LogP contribution in [0.1, 0.15) is 25.3 Å². The molecule has 1 rings (SSSR count). The lowest BCUT2D eigenvalue weighted by Crippen LogP contribution is -2.30. The molecule has 114 valence electrons. The van der Waals surface area contributed by atoms with E-state index in [0.29, 0.717) is 0 Å². The molecule has 0 amide bonds. The first kappa shape index (κ1) is 17.6. The zero-order valence-corrected chi connectivity index (χ0v) is 14.3. The van der Waals surface area contributed by atoms with Crippen molar-refractivity contribution in [3.05, 3.63) is 34.3 Å². The summed E-state index contributed by atoms with van der Waals surface area (Å²) < 4.78 is 6.69. The van der Waals surface area contributed by atoms with E-state index in [9.17, 15) is 0 Å². The molecule has 0 unspecified atom stereocenters. The van der Waals surface area contributed by atoms with Crippen LogP contribution in [0, 0.1) is 0 Å². The van der Waals surface area contributed by atoms with Gasteiger partial charge in [0.2, 0.25) is 0 Å². The monoisotopic (exact) mass is 342 g/mol. The van der Waals surface area contributed by atoms with Crippen LogP contribution < -0.4 is 5.32 Å². The molecule has 0 radical (unpaired) electrons. The first-order valence-electron chi connectivity index (χ1n) is 7.44. The highest BCUT2D eigenvalue weighted by Gasteiger charge is 2.02. The highest BCUT2D eigenvalue weighted by Crippen LogP contribution is 2.16. The predicted octanol–water partition coefficient (Wildman–Crippen LogP) is 3.29. The maximum Gasteiger partial charge on any atom is 0.0590 e. The molecule has 0 aromatic heterocycles. The van der Waals surface area contributed by atoms with Crippen LogP contribution in [-0.4, -0.2) is 44.8 Å². The van der Waals surface area contributed by atoms with Crippen molar-refractivity contribution in [1.82, 2.24) is 10.2 Å². The van der Waals surface area contributed by atoms with Gasteiger partial charge in [-0.1, -0.05) is 47.5 Å². The van der Waals surface area contributed by atoms with E-state index in [1.807, 2.05) is 6.07 Å². The first-order valence-corrected chi connectivity index (χ1v) is 8.23. The number of rotatable bonds is 11. The molecule has 0 fully saturated rings. The molecular formula is C16H27BrN2O. The van der Waals surface area contributed by atoms with Crippen molar-refractivity contribution < 1.29 is 4.74 Å². The van der Waals surface area contributed by atoms with Gasteiger partial charge in [0, 0.05) is 37.3 Å². The van der Waals surface area contributed by atoms with Gasteiger partial charge in [-0.2, -0.15) is 0 Å². The molecule has 0 heterocycles. The normalized spacial score (nSPS) is 11.2. The Morgan fingerprint density at radius 2 is 2.00 bits per heavy atom. The lowest BCUT2D eigenvalue weighted by Gasteiger charge is -2.17. The number of nitrogens with one attached hydrogen (secondary N) is 1. The Morgan fingerprint density at radius 3 is 2.75 bits per heavy atom. The molecule has 1 N–H and O–H groups in total. The van der Waals surface area contributed by atoms with Gasteiger partial charge in [0.05, 0.1) is 6.61 Å². The number of likely N-dealkylation sites (N-methyl/N-ethyl adjacent to an activating group) is 1. The van der Waals surface area contributed by atoms with Crippen molar-refractivity contribution in [3.8, 4) is 0 Å². The second-order valence-electron chi connectivity index (χ2n) is 5.05. The summed E-state index contributed by atoms with van der Waals surface area (Å²) in [6, 6.07) is 8.39. The van der Waals surface area contributed by atoms with E-state index >= 15 is 0 Å². The Morgan fingerprint density at radius 1 is 1.20 bits per heavy atom. The van der Waals surface area contributed by atoms with E-state index in [1.165, 1.54) is 16.5 Å². The van der Waals surface area contributed by atoms with Gasteiger partial charge in [0.15, 0.2) is 0 Å². The zero-order chi connectivity index (χ0) is 14.6. The molecule has 1 aromatic carbocycles. The van der Waals surface area contributed by atoms with Crippen molar-refractivity contribution in [2.75, 3.05) is 39.9 Å². The maximum atomic E-state index is 5.51. The third kappa shape index (κ3) is 8.00. The van der Waals surface area contributed by atoms with E-state index < -0.39 is 0 Å². The van der Waals surface area contributed by atoms with E-state index in [2.05, 4.69) is 58.3 Å². The Hall–Kier alpha value is -0.420. The number of hydrogen-bond donors (Lipinski definition) is 1. The molecule has 0 aliphatic carbocycles. The summed E-state index contributed by atoms with van der Waals surface area (Å²) in [5, 5.41) is 3.42. The van der Waals surface area contributed by atoms with Crippen molar-refractivity contribution in [1.29, 1.82) is 0 Å². The fourth-order valence-corrected chi connectivity index (χ4v) is 2.29. The highest BCUT2D eigenvalue weighted by atomic mass is 79.9. The minimum absolute atomic E-state index is 0.813. The van der Waals surface area contributed by atoms with Gasteiger partial charge in [-0.05, 0) is 25.1 Å². The van der Waals surface area contributed by atoms with Crippen LogP contribution >= 0.6 is 15.9 Å². The number of ether oxygens (including phenoxy) is 1. The summed E-state index contributed by atoms with van der Waals surface area (Å²) in [5.74, 6) is 0. The summed E-state index contributed by atoms with van der Waals surface area (Å²) >= 11 is 3.59. The van der Waals surface area contributed by atoms with Gasteiger partial charge in [0.1, 0.15) is 0 Å².